The van der Waals surface area contributed by atoms with E-state index >= 15 is 0 Å². The van der Waals surface area contributed by atoms with E-state index in [1.165, 1.54) is 7.11 Å². The van der Waals surface area contributed by atoms with Crippen molar-refractivity contribution < 1.29 is 14.3 Å². The van der Waals surface area contributed by atoms with Gasteiger partial charge in [0.1, 0.15) is 14.1 Å². The van der Waals surface area contributed by atoms with Gasteiger partial charge in [0.05, 0.1) is 13.2 Å². The number of para-hydroxylation sites is 1. The van der Waals surface area contributed by atoms with Gasteiger partial charge in [-0.2, -0.15) is 0 Å². The summed E-state index contributed by atoms with van der Waals surface area (Å²) < 4.78 is 5.16. The number of ether oxygens (including phenoxy) is 1. The second-order valence-electron chi connectivity index (χ2n) is 9.91. The number of hydrogen-bond acceptors (Lipinski definition) is 4. The lowest BCUT2D eigenvalue weighted by molar-refractivity contribution is -0.153. The summed E-state index contributed by atoms with van der Waals surface area (Å²) in [6.07, 6.45) is 0.374. The third-order valence-corrected chi connectivity index (χ3v) is 6.98. The number of nitrogens with one attached hydrogen (secondary N) is 1. The molecule has 2 atom stereocenters. The molecule has 176 valence electrons. The smallest absolute Gasteiger partial charge is 0.328 e. The van der Waals surface area contributed by atoms with E-state index in [1.54, 1.807) is 4.90 Å². The summed E-state index contributed by atoms with van der Waals surface area (Å²) >= 11 is 0. The van der Waals surface area contributed by atoms with Gasteiger partial charge in [0.25, 0.3) is 5.91 Å². The van der Waals surface area contributed by atoms with Gasteiger partial charge in [-0.1, -0.05) is 50.0 Å². The number of esters is 1. The maximum Gasteiger partial charge on any atom is 0.328 e. The van der Waals surface area contributed by atoms with Crippen LogP contribution in [0.4, 0.5) is 5.69 Å². The highest BCUT2D eigenvalue weighted by Crippen LogP contribution is 2.41. The zero-order chi connectivity index (χ0) is 24.6. The molecule has 1 amide bonds. The summed E-state index contributed by atoms with van der Waals surface area (Å²) in [7, 11) is 3.54. The van der Waals surface area contributed by atoms with Gasteiger partial charge in [0.15, 0.2) is 0 Å². The Balaban J connectivity index is 1.94. The van der Waals surface area contributed by atoms with E-state index in [4.69, 9.17) is 4.74 Å². The molecule has 0 radical (unpaired) electrons. The topological polar surface area (TPSA) is 65.6 Å². The molecular formula is C27H31N3O3Si. The molecule has 1 aromatic heterocycles. The van der Waals surface area contributed by atoms with Crippen LogP contribution in [-0.2, 0) is 20.7 Å². The standard InChI is InChI=1S/C27H31N3O3Si/c1-29(2)19-13-11-18(12-14-19)26-25-21(20-9-7-8-10-22(20)28-25)17-23(27(32)33-3)30(26)24(31)15-16-34(4,5)6/h7-14,23,26,28H,17H2,1-6H3/t23-,26-/m1/s1. The highest BCUT2D eigenvalue weighted by molar-refractivity contribution is 6.84. The number of fused-ring (bicyclic) bond motifs is 3. The van der Waals surface area contributed by atoms with Gasteiger partial charge in [-0.3, -0.25) is 4.79 Å². The predicted molar refractivity (Wildman–Crippen MR) is 138 cm³/mol. The first-order valence-corrected chi connectivity index (χ1v) is 14.9. The molecule has 2 heterocycles. The van der Waals surface area contributed by atoms with Gasteiger partial charge in [-0.25, -0.2) is 4.79 Å². The molecule has 0 unspecified atom stereocenters. The van der Waals surface area contributed by atoms with Gasteiger partial charge in [0, 0.05) is 42.8 Å². The minimum Gasteiger partial charge on any atom is -0.467 e. The highest BCUT2D eigenvalue weighted by Gasteiger charge is 2.43. The molecule has 7 heteroatoms. The van der Waals surface area contributed by atoms with Crippen LogP contribution in [-0.4, -0.2) is 57.1 Å². The molecule has 0 spiro atoms. The maximum absolute atomic E-state index is 13.6. The van der Waals surface area contributed by atoms with E-state index in [0.29, 0.717) is 6.42 Å². The van der Waals surface area contributed by atoms with E-state index in [1.807, 2.05) is 67.5 Å². The van der Waals surface area contributed by atoms with Crippen molar-refractivity contribution in [2.45, 2.75) is 38.1 Å². The summed E-state index contributed by atoms with van der Waals surface area (Å²) in [5.74, 6) is 2.07. The van der Waals surface area contributed by atoms with E-state index in [2.05, 4.69) is 36.1 Å². The fourth-order valence-electron chi connectivity index (χ4n) is 4.46. The lowest BCUT2D eigenvalue weighted by Gasteiger charge is -2.40. The summed E-state index contributed by atoms with van der Waals surface area (Å²) in [6.45, 7) is 6.28. The molecule has 0 bridgehead atoms. The monoisotopic (exact) mass is 473 g/mol. The van der Waals surface area contributed by atoms with E-state index < -0.39 is 26.1 Å². The van der Waals surface area contributed by atoms with E-state index in [-0.39, 0.29) is 5.91 Å². The molecule has 1 aliphatic heterocycles. The average molecular weight is 474 g/mol. The molecule has 4 rings (SSSR count). The average Bonchev–Trinajstić information content (AvgIpc) is 3.18. The van der Waals surface area contributed by atoms with Crippen LogP contribution in [0.15, 0.2) is 48.5 Å². The number of aromatic nitrogens is 1. The van der Waals surface area contributed by atoms with Crippen LogP contribution < -0.4 is 4.90 Å². The van der Waals surface area contributed by atoms with E-state index in [9.17, 15) is 9.59 Å². The number of carbonyl (C=O) groups is 2. The van der Waals surface area contributed by atoms with Crippen molar-refractivity contribution in [3.05, 3.63) is 65.4 Å². The molecule has 0 aliphatic carbocycles. The number of hydrogen-bond donors (Lipinski definition) is 1. The minimum absolute atomic E-state index is 0.358. The van der Waals surface area contributed by atoms with Gasteiger partial charge >= 0.3 is 5.97 Å². The number of nitrogens with zero attached hydrogens (tertiary/aromatic N) is 2. The number of carbonyl (C=O) groups excluding carboxylic acids is 2. The Morgan fingerprint density at radius 3 is 2.38 bits per heavy atom. The molecule has 1 N–H and O–H groups in total. The van der Waals surface area contributed by atoms with Crippen LogP contribution >= 0.6 is 0 Å². The summed E-state index contributed by atoms with van der Waals surface area (Å²) in [5.41, 5.74) is 8.07. The molecular weight excluding hydrogens is 442 g/mol. The maximum atomic E-state index is 13.6. The number of aromatic amines is 1. The normalized spacial score (nSPS) is 17.5. The van der Waals surface area contributed by atoms with Crippen LogP contribution in [0.3, 0.4) is 0 Å². The fraction of sp³-hybridized carbons (Fsp3) is 0.333. The van der Waals surface area contributed by atoms with Crippen molar-refractivity contribution in [2.75, 3.05) is 26.1 Å². The SMILES string of the molecule is COC(=O)[C@H]1Cc2c([nH]c3ccccc23)[C@@H](c2ccc(N(C)C)cc2)N1C(=O)C#C[Si](C)(C)C. The molecule has 2 aromatic carbocycles. The first kappa shape index (κ1) is 23.6. The van der Waals surface area contributed by atoms with Crippen molar-refractivity contribution in [3.63, 3.8) is 0 Å². The molecule has 0 saturated carbocycles. The molecule has 34 heavy (non-hydrogen) atoms. The second-order valence-corrected chi connectivity index (χ2v) is 14.7. The largest absolute Gasteiger partial charge is 0.467 e. The van der Waals surface area contributed by atoms with Crippen molar-refractivity contribution in [1.29, 1.82) is 0 Å². The van der Waals surface area contributed by atoms with Crippen LogP contribution in [0.2, 0.25) is 19.6 Å². The van der Waals surface area contributed by atoms with Gasteiger partial charge < -0.3 is 19.5 Å². The molecule has 0 saturated heterocycles. The van der Waals surface area contributed by atoms with Gasteiger partial charge in [-0.05, 0) is 35.2 Å². The quantitative estimate of drug-likeness (QED) is 0.353. The lowest BCUT2D eigenvalue weighted by Crippen LogP contribution is -2.51. The summed E-state index contributed by atoms with van der Waals surface area (Å²) in [6, 6.07) is 14.9. The Kier molecular flexibility index (Phi) is 6.28. The van der Waals surface area contributed by atoms with Crippen molar-refractivity contribution >= 4 is 36.5 Å². The van der Waals surface area contributed by atoms with E-state index in [0.717, 1.165) is 33.4 Å². The molecule has 6 nitrogen and oxygen atoms in total. The number of amides is 1. The Morgan fingerprint density at radius 2 is 1.76 bits per heavy atom. The highest BCUT2D eigenvalue weighted by atomic mass is 28.3. The van der Waals surface area contributed by atoms with Crippen molar-refractivity contribution in [3.8, 4) is 11.5 Å². The Labute approximate surface area is 201 Å². The number of benzene rings is 2. The minimum atomic E-state index is -1.80. The molecule has 1 aliphatic rings. The second kappa shape index (κ2) is 9.03. The molecule has 3 aromatic rings. The predicted octanol–water partition coefficient (Wildman–Crippen LogP) is 4.13. The van der Waals surface area contributed by atoms with Crippen molar-refractivity contribution in [2.24, 2.45) is 0 Å². The summed E-state index contributed by atoms with van der Waals surface area (Å²) in [5, 5.41) is 1.06. The van der Waals surface area contributed by atoms with Crippen LogP contribution in [0.1, 0.15) is 22.9 Å². The summed E-state index contributed by atoms with van der Waals surface area (Å²) in [4.78, 5) is 33.8. The zero-order valence-electron chi connectivity index (χ0n) is 20.6. The first-order chi connectivity index (χ1) is 16.1. The van der Waals surface area contributed by atoms with Gasteiger partial charge in [-0.15, -0.1) is 5.54 Å². The van der Waals surface area contributed by atoms with Crippen LogP contribution in [0, 0.1) is 11.5 Å². The first-order valence-electron chi connectivity index (χ1n) is 11.4. The Hall–Kier alpha value is -3.50. The fourth-order valence-corrected chi connectivity index (χ4v) is 4.95. The number of H-pyrrole nitrogens is 1. The molecule has 0 fully saturated rings. The number of methoxy groups -OCH3 is 1. The van der Waals surface area contributed by atoms with Crippen LogP contribution in [0.25, 0.3) is 10.9 Å². The van der Waals surface area contributed by atoms with Gasteiger partial charge in [0.2, 0.25) is 0 Å². The number of rotatable bonds is 3. The third-order valence-electron chi connectivity index (χ3n) is 6.11. The third kappa shape index (κ3) is 4.46. The Bertz CT molecular complexity index is 1290. The lowest BCUT2D eigenvalue weighted by atomic mass is 9.87. The van der Waals surface area contributed by atoms with Crippen molar-refractivity contribution in [1.82, 2.24) is 9.88 Å². The zero-order valence-corrected chi connectivity index (χ0v) is 21.6. The number of anilines is 1. The van der Waals surface area contributed by atoms with Crippen LogP contribution in [0.5, 0.6) is 0 Å². The Morgan fingerprint density at radius 1 is 1.09 bits per heavy atom.